The van der Waals surface area contributed by atoms with E-state index in [4.69, 9.17) is 4.74 Å². The van der Waals surface area contributed by atoms with Crippen LogP contribution in [-0.2, 0) is 19.4 Å². The quantitative estimate of drug-likeness (QED) is 0.613. The molecule has 1 rings (SSSR count). The molecule has 0 saturated carbocycles. The van der Waals surface area contributed by atoms with Crippen molar-refractivity contribution in [3.63, 3.8) is 0 Å². The van der Waals surface area contributed by atoms with Gasteiger partial charge in [-0.3, -0.25) is 0 Å². The second-order valence-corrected chi connectivity index (χ2v) is 6.31. The molecule has 0 radical (unpaired) electrons. The minimum Gasteiger partial charge on any atom is -0.465 e. The van der Waals surface area contributed by atoms with Gasteiger partial charge >= 0.3 is 5.97 Å². The van der Waals surface area contributed by atoms with Crippen LogP contribution < -0.4 is 0 Å². The van der Waals surface area contributed by atoms with Crippen LogP contribution in [0.4, 0.5) is 0 Å². The van der Waals surface area contributed by atoms with Crippen LogP contribution in [0.15, 0.2) is 35.4 Å². The lowest BCUT2D eigenvalue weighted by Crippen LogP contribution is -2.10. The molecule has 0 aliphatic rings. The molecule has 0 amide bonds. The monoisotopic (exact) mass is 283 g/mol. The molecule has 6 heteroatoms. The van der Waals surface area contributed by atoms with Crippen LogP contribution in [0, 0.1) is 0 Å². The Balaban J connectivity index is 3.23. The lowest BCUT2D eigenvalue weighted by Gasteiger charge is -2.11. The molecule has 1 aromatic rings. The molecule has 0 spiro atoms. The second kappa shape index (κ2) is 5.88. The lowest BCUT2D eigenvalue weighted by molar-refractivity contribution is -0.133. The number of ether oxygens (including phenoxy) is 1. The molecule has 104 valence electrons. The lowest BCUT2D eigenvalue weighted by atomic mass is 10.1. The van der Waals surface area contributed by atoms with Crippen molar-refractivity contribution in [2.75, 3.05) is 27.5 Å². The summed E-state index contributed by atoms with van der Waals surface area (Å²) < 4.78 is 27.4. The summed E-state index contributed by atoms with van der Waals surface area (Å²) in [6.45, 7) is 0. The van der Waals surface area contributed by atoms with Gasteiger partial charge in [-0.15, -0.1) is 0 Å². The van der Waals surface area contributed by atoms with Gasteiger partial charge in [0.25, 0.3) is 0 Å². The van der Waals surface area contributed by atoms with Crippen LogP contribution >= 0.6 is 0 Å². The van der Waals surface area contributed by atoms with Crippen LogP contribution in [0.3, 0.4) is 0 Å². The number of hydrogen-bond acceptors (Lipinski definition) is 5. The first-order chi connectivity index (χ1) is 8.75. The van der Waals surface area contributed by atoms with Crippen LogP contribution in [-0.4, -0.2) is 46.7 Å². The van der Waals surface area contributed by atoms with Crippen molar-refractivity contribution in [3.8, 4) is 0 Å². The van der Waals surface area contributed by atoms with Gasteiger partial charge in [0, 0.05) is 26.6 Å². The standard InChI is InChI=1S/C13H17NO4S/c1-14(2)9-12(13(15)18-3)10-5-7-11(8-6-10)19(4,16)17/h5-9H,1-4H3/b12-9+. The smallest absolute Gasteiger partial charge is 0.339 e. The molecule has 0 N–H and O–H groups in total. The predicted molar refractivity (Wildman–Crippen MR) is 73.2 cm³/mol. The Bertz CT molecular complexity index is 586. The Labute approximate surface area is 113 Å². The Morgan fingerprint density at radius 1 is 1.21 bits per heavy atom. The van der Waals surface area contributed by atoms with Crippen molar-refractivity contribution in [1.29, 1.82) is 0 Å². The van der Waals surface area contributed by atoms with Crippen molar-refractivity contribution >= 4 is 21.4 Å². The molecule has 0 aliphatic heterocycles. The maximum Gasteiger partial charge on any atom is 0.339 e. The van der Waals surface area contributed by atoms with Gasteiger partial charge in [0.1, 0.15) is 0 Å². The van der Waals surface area contributed by atoms with Gasteiger partial charge < -0.3 is 9.64 Å². The number of sulfone groups is 1. The van der Waals surface area contributed by atoms with E-state index in [2.05, 4.69) is 0 Å². The van der Waals surface area contributed by atoms with Crippen molar-refractivity contribution < 1.29 is 17.9 Å². The Hall–Kier alpha value is -1.82. The fourth-order valence-electron chi connectivity index (χ4n) is 1.49. The van der Waals surface area contributed by atoms with Crippen molar-refractivity contribution in [1.82, 2.24) is 4.90 Å². The molecule has 0 aromatic heterocycles. The Morgan fingerprint density at radius 3 is 2.11 bits per heavy atom. The summed E-state index contributed by atoms with van der Waals surface area (Å²) in [4.78, 5) is 13.6. The van der Waals surface area contributed by atoms with Gasteiger partial charge in [-0.1, -0.05) is 12.1 Å². The summed E-state index contributed by atoms with van der Waals surface area (Å²) in [5.41, 5.74) is 0.973. The highest BCUT2D eigenvalue weighted by molar-refractivity contribution is 7.90. The van der Waals surface area contributed by atoms with E-state index in [1.54, 1.807) is 37.3 Å². The summed E-state index contributed by atoms with van der Waals surface area (Å²) >= 11 is 0. The number of carbonyl (C=O) groups excluding carboxylic acids is 1. The molecular formula is C13H17NO4S. The third kappa shape index (κ3) is 4.10. The van der Waals surface area contributed by atoms with E-state index < -0.39 is 15.8 Å². The van der Waals surface area contributed by atoms with Crippen LogP contribution in [0.25, 0.3) is 5.57 Å². The van der Waals surface area contributed by atoms with E-state index in [1.807, 2.05) is 0 Å². The highest BCUT2D eigenvalue weighted by Gasteiger charge is 2.14. The minimum absolute atomic E-state index is 0.213. The van der Waals surface area contributed by atoms with E-state index in [9.17, 15) is 13.2 Å². The average molecular weight is 283 g/mol. The molecule has 0 saturated heterocycles. The van der Waals surface area contributed by atoms with Crippen LogP contribution in [0.5, 0.6) is 0 Å². The Morgan fingerprint density at radius 2 is 1.74 bits per heavy atom. The Kier molecular flexibility index (Phi) is 4.72. The first-order valence-corrected chi connectivity index (χ1v) is 7.42. The maximum absolute atomic E-state index is 11.7. The number of nitrogens with zero attached hydrogens (tertiary/aromatic N) is 1. The van der Waals surface area contributed by atoms with E-state index >= 15 is 0 Å². The molecule has 1 aromatic carbocycles. The van der Waals surface area contributed by atoms with Gasteiger partial charge in [0.05, 0.1) is 17.6 Å². The summed E-state index contributed by atoms with van der Waals surface area (Å²) in [7, 11) is 1.63. The molecule has 0 unspecified atom stereocenters. The summed E-state index contributed by atoms with van der Waals surface area (Å²) in [5.74, 6) is -0.471. The van der Waals surface area contributed by atoms with Crippen LogP contribution in [0.1, 0.15) is 5.56 Å². The first-order valence-electron chi connectivity index (χ1n) is 5.52. The van der Waals surface area contributed by atoms with E-state index in [1.165, 1.54) is 19.2 Å². The SMILES string of the molecule is COC(=O)/C(=C/N(C)C)c1ccc(S(C)(=O)=O)cc1. The van der Waals surface area contributed by atoms with Crippen molar-refractivity contribution in [3.05, 3.63) is 36.0 Å². The van der Waals surface area contributed by atoms with Crippen molar-refractivity contribution in [2.45, 2.75) is 4.90 Å². The largest absolute Gasteiger partial charge is 0.465 e. The van der Waals surface area contributed by atoms with E-state index in [0.29, 0.717) is 11.1 Å². The first kappa shape index (κ1) is 15.2. The minimum atomic E-state index is -3.24. The van der Waals surface area contributed by atoms with Gasteiger partial charge in [-0.2, -0.15) is 0 Å². The van der Waals surface area contributed by atoms with E-state index in [0.717, 1.165) is 6.26 Å². The highest BCUT2D eigenvalue weighted by Crippen LogP contribution is 2.19. The zero-order chi connectivity index (χ0) is 14.6. The molecule has 0 heterocycles. The molecule has 0 bridgehead atoms. The van der Waals surface area contributed by atoms with Crippen molar-refractivity contribution in [2.24, 2.45) is 0 Å². The van der Waals surface area contributed by atoms with Crippen LogP contribution in [0.2, 0.25) is 0 Å². The predicted octanol–water partition coefficient (Wildman–Crippen LogP) is 1.17. The third-order valence-electron chi connectivity index (χ3n) is 2.39. The molecule has 0 atom stereocenters. The molecule has 0 fully saturated rings. The van der Waals surface area contributed by atoms with E-state index in [-0.39, 0.29) is 4.90 Å². The highest BCUT2D eigenvalue weighted by atomic mass is 32.2. The number of esters is 1. The average Bonchev–Trinajstić information content (AvgIpc) is 2.34. The number of hydrogen-bond donors (Lipinski definition) is 0. The zero-order valence-corrected chi connectivity index (χ0v) is 12.2. The molecular weight excluding hydrogens is 266 g/mol. The number of methoxy groups -OCH3 is 1. The molecule has 19 heavy (non-hydrogen) atoms. The molecule has 5 nitrogen and oxygen atoms in total. The summed E-state index contributed by atoms with van der Waals surface area (Å²) in [5, 5.41) is 0. The zero-order valence-electron chi connectivity index (χ0n) is 11.4. The fraction of sp³-hybridized carbons (Fsp3) is 0.308. The third-order valence-corrected chi connectivity index (χ3v) is 3.51. The number of benzene rings is 1. The maximum atomic E-state index is 11.7. The molecule has 0 aliphatic carbocycles. The topological polar surface area (TPSA) is 63.7 Å². The number of rotatable bonds is 4. The van der Waals surface area contributed by atoms with Gasteiger partial charge in [-0.05, 0) is 17.7 Å². The van der Waals surface area contributed by atoms with Gasteiger partial charge in [-0.25, -0.2) is 13.2 Å². The summed E-state index contributed by atoms with van der Waals surface area (Å²) in [6.07, 6.45) is 2.76. The number of carbonyl (C=O) groups is 1. The van der Waals surface area contributed by atoms with Gasteiger partial charge in [0.15, 0.2) is 9.84 Å². The van der Waals surface area contributed by atoms with Gasteiger partial charge in [0.2, 0.25) is 0 Å². The summed E-state index contributed by atoms with van der Waals surface area (Å²) in [6, 6.07) is 6.11. The second-order valence-electron chi connectivity index (χ2n) is 4.29. The normalized spacial score (nSPS) is 12.1. The fourth-order valence-corrected chi connectivity index (χ4v) is 2.13.